The summed E-state index contributed by atoms with van der Waals surface area (Å²) in [6.07, 6.45) is 10.3. The summed E-state index contributed by atoms with van der Waals surface area (Å²) < 4.78 is 0. The number of aliphatic hydroxyl groups is 2. The zero-order valence-electron chi connectivity index (χ0n) is 19.8. The van der Waals surface area contributed by atoms with Crippen LogP contribution >= 0.6 is 11.6 Å². The SMILES string of the molecule is CCCCCC(O)C(C)(C)c1ccc(C2C(O)CC(Cl)C2C/C=C\CCCC(=O)O)cc1. The van der Waals surface area contributed by atoms with Gasteiger partial charge in [0.05, 0.1) is 12.2 Å². The molecule has 5 heteroatoms. The summed E-state index contributed by atoms with van der Waals surface area (Å²) in [7, 11) is 0. The van der Waals surface area contributed by atoms with E-state index in [0.717, 1.165) is 49.7 Å². The fraction of sp³-hybridized carbons (Fsp3) is 0.667. The minimum Gasteiger partial charge on any atom is -0.481 e. The Kier molecular flexibility index (Phi) is 10.7. The maximum Gasteiger partial charge on any atom is 0.303 e. The first kappa shape index (κ1) is 26.9. The third-order valence-corrected chi connectivity index (χ3v) is 7.60. The van der Waals surface area contributed by atoms with Gasteiger partial charge in [0, 0.05) is 23.1 Å². The van der Waals surface area contributed by atoms with Gasteiger partial charge in [0.1, 0.15) is 0 Å². The number of halogens is 1. The number of benzene rings is 1. The Morgan fingerprint density at radius 2 is 1.88 bits per heavy atom. The Morgan fingerprint density at radius 1 is 1.19 bits per heavy atom. The summed E-state index contributed by atoms with van der Waals surface area (Å²) in [5, 5.41) is 30.1. The van der Waals surface area contributed by atoms with Crippen molar-refractivity contribution >= 4 is 17.6 Å². The van der Waals surface area contributed by atoms with E-state index >= 15 is 0 Å². The second-order valence-electron chi connectivity index (χ2n) is 9.86. The molecule has 4 nitrogen and oxygen atoms in total. The topological polar surface area (TPSA) is 77.8 Å². The van der Waals surface area contributed by atoms with Crippen LogP contribution in [0, 0.1) is 5.92 Å². The van der Waals surface area contributed by atoms with E-state index < -0.39 is 12.1 Å². The predicted molar refractivity (Wildman–Crippen MR) is 131 cm³/mol. The lowest BCUT2D eigenvalue weighted by atomic mass is 9.76. The number of hydrogen-bond donors (Lipinski definition) is 3. The Morgan fingerprint density at radius 3 is 2.50 bits per heavy atom. The van der Waals surface area contributed by atoms with E-state index in [9.17, 15) is 15.0 Å². The van der Waals surface area contributed by atoms with Crippen molar-refractivity contribution in [3.8, 4) is 0 Å². The van der Waals surface area contributed by atoms with E-state index in [1.807, 2.05) is 6.08 Å². The van der Waals surface area contributed by atoms with Gasteiger partial charge in [-0.1, -0.05) is 76.5 Å². The predicted octanol–water partition coefficient (Wildman–Crippen LogP) is 6.18. The molecule has 0 spiro atoms. The summed E-state index contributed by atoms with van der Waals surface area (Å²) in [6, 6.07) is 8.35. The Labute approximate surface area is 198 Å². The molecule has 32 heavy (non-hydrogen) atoms. The summed E-state index contributed by atoms with van der Waals surface area (Å²) in [4.78, 5) is 10.6. The highest BCUT2D eigenvalue weighted by atomic mass is 35.5. The highest BCUT2D eigenvalue weighted by molar-refractivity contribution is 6.21. The molecule has 1 fully saturated rings. The molecule has 5 atom stereocenters. The number of rotatable bonds is 13. The number of aliphatic carboxylic acids is 1. The Bertz CT molecular complexity index is 728. The number of aliphatic hydroxyl groups excluding tert-OH is 2. The number of carbonyl (C=O) groups is 1. The molecule has 1 aromatic carbocycles. The van der Waals surface area contributed by atoms with Crippen LogP contribution in [0.2, 0.25) is 0 Å². The Hall–Kier alpha value is -1.36. The number of unbranched alkanes of at least 4 members (excludes halogenated alkanes) is 3. The molecule has 0 aromatic heterocycles. The van der Waals surface area contributed by atoms with Crippen molar-refractivity contribution in [2.45, 2.75) is 107 Å². The average Bonchev–Trinajstić information content (AvgIpc) is 3.03. The molecule has 180 valence electrons. The van der Waals surface area contributed by atoms with E-state index in [0.29, 0.717) is 12.8 Å². The molecule has 5 unspecified atom stereocenters. The largest absolute Gasteiger partial charge is 0.481 e. The minimum atomic E-state index is -0.765. The van der Waals surface area contributed by atoms with Crippen molar-refractivity contribution in [3.63, 3.8) is 0 Å². The number of carboxylic acid groups (broad SMARTS) is 1. The van der Waals surface area contributed by atoms with Gasteiger partial charge < -0.3 is 15.3 Å². The van der Waals surface area contributed by atoms with E-state index in [4.69, 9.17) is 16.7 Å². The maximum atomic E-state index is 10.7. The van der Waals surface area contributed by atoms with Crippen molar-refractivity contribution < 1.29 is 20.1 Å². The fourth-order valence-corrected chi connectivity index (χ4v) is 5.29. The van der Waals surface area contributed by atoms with Gasteiger partial charge in [0.2, 0.25) is 0 Å². The molecule has 1 saturated carbocycles. The summed E-state index contributed by atoms with van der Waals surface area (Å²) in [5.41, 5.74) is 1.87. The van der Waals surface area contributed by atoms with Crippen LogP contribution < -0.4 is 0 Å². The van der Waals surface area contributed by atoms with E-state index in [1.165, 1.54) is 0 Å². The molecule has 0 radical (unpaired) electrons. The van der Waals surface area contributed by atoms with Crippen LogP contribution in [-0.2, 0) is 10.2 Å². The van der Waals surface area contributed by atoms with Crippen molar-refractivity contribution in [2.24, 2.45) is 5.92 Å². The first-order valence-corrected chi connectivity index (χ1v) is 12.6. The zero-order valence-corrected chi connectivity index (χ0v) is 20.6. The van der Waals surface area contributed by atoms with Gasteiger partial charge >= 0.3 is 5.97 Å². The summed E-state index contributed by atoms with van der Waals surface area (Å²) in [5.74, 6) is -0.646. The molecule has 1 aliphatic carbocycles. The monoisotopic (exact) mass is 464 g/mol. The second-order valence-corrected chi connectivity index (χ2v) is 10.4. The molecule has 0 amide bonds. The number of carboxylic acids is 1. The molecule has 0 saturated heterocycles. The van der Waals surface area contributed by atoms with Crippen LogP contribution in [0.5, 0.6) is 0 Å². The van der Waals surface area contributed by atoms with Crippen molar-refractivity contribution in [3.05, 3.63) is 47.5 Å². The molecule has 0 bridgehead atoms. The van der Waals surface area contributed by atoms with Gasteiger partial charge in [0.15, 0.2) is 0 Å². The third-order valence-electron chi connectivity index (χ3n) is 7.10. The lowest BCUT2D eigenvalue weighted by molar-refractivity contribution is -0.137. The van der Waals surface area contributed by atoms with Crippen LogP contribution in [0.25, 0.3) is 0 Å². The molecule has 0 heterocycles. The minimum absolute atomic E-state index is 0.0205. The molecular weight excluding hydrogens is 424 g/mol. The lowest BCUT2D eigenvalue weighted by Crippen LogP contribution is -2.33. The molecular formula is C27H41ClO4. The van der Waals surface area contributed by atoms with Gasteiger partial charge in [-0.3, -0.25) is 4.79 Å². The molecule has 2 rings (SSSR count). The van der Waals surface area contributed by atoms with Crippen LogP contribution in [0.3, 0.4) is 0 Å². The van der Waals surface area contributed by atoms with Crippen molar-refractivity contribution in [1.29, 1.82) is 0 Å². The fourth-order valence-electron chi connectivity index (χ4n) is 4.84. The van der Waals surface area contributed by atoms with Crippen LogP contribution in [0.1, 0.15) is 95.6 Å². The summed E-state index contributed by atoms with van der Waals surface area (Å²) >= 11 is 6.60. The highest BCUT2D eigenvalue weighted by Gasteiger charge is 2.41. The second kappa shape index (κ2) is 12.8. The normalized spacial score (nSPS) is 24.8. The maximum absolute atomic E-state index is 10.7. The third kappa shape index (κ3) is 7.33. The van der Waals surface area contributed by atoms with Gasteiger partial charge in [0.25, 0.3) is 0 Å². The number of allylic oxidation sites excluding steroid dienone is 2. The van der Waals surface area contributed by atoms with Gasteiger partial charge in [-0.05, 0) is 49.1 Å². The Balaban J connectivity index is 2.05. The average molecular weight is 465 g/mol. The van der Waals surface area contributed by atoms with Gasteiger partial charge in [-0.2, -0.15) is 0 Å². The van der Waals surface area contributed by atoms with E-state index in [2.05, 4.69) is 51.1 Å². The van der Waals surface area contributed by atoms with E-state index in [1.54, 1.807) is 0 Å². The van der Waals surface area contributed by atoms with Crippen LogP contribution in [-0.4, -0.2) is 38.9 Å². The first-order chi connectivity index (χ1) is 15.2. The summed E-state index contributed by atoms with van der Waals surface area (Å²) in [6.45, 7) is 6.35. The smallest absolute Gasteiger partial charge is 0.303 e. The molecule has 1 aliphatic rings. The standard InChI is InChI=1S/C27H41ClO4/c1-4-5-8-12-24(30)27(2,3)20-16-14-19(15-17-20)26-21(22(28)18-23(26)29)11-9-6-7-10-13-25(31)32/h6,9,14-17,21-24,26,29-30H,4-5,7-8,10-13,18H2,1-3H3,(H,31,32)/b9-6-. The van der Waals surface area contributed by atoms with E-state index in [-0.39, 0.29) is 35.2 Å². The van der Waals surface area contributed by atoms with Crippen molar-refractivity contribution in [1.82, 2.24) is 0 Å². The number of alkyl halides is 1. The first-order valence-electron chi connectivity index (χ1n) is 12.2. The quantitative estimate of drug-likeness (QED) is 0.185. The van der Waals surface area contributed by atoms with Crippen molar-refractivity contribution in [2.75, 3.05) is 0 Å². The van der Waals surface area contributed by atoms with Gasteiger partial charge in [-0.15, -0.1) is 11.6 Å². The highest BCUT2D eigenvalue weighted by Crippen LogP contribution is 2.45. The van der Waals surface area contributed by atoms with Crippen LogP contribution in [0.4, 0.5) is 0 Å². The molecule has 0 aliphatic heterocycles. The number of hydrogen-bond acceptors (Lipinski definition) is 3. The van der Waals surface area contributed by atoms with Gasteiger partial charge in [-0.25, -0.2) is 0 Å². The molecule has 3 N–H and O–H groups in total. The van der Waals surface area contributed by atoms with Crippen LogP contribution in [0.15, 0.2) is 36.4 Å². The molecule has 1 aromatic rings. The zero-order chi connectivity index (χ0) is 23.7. The lowest BCUT2D eigenvalue weighted by Gasteiger charge is -2.32.